The molecule has 0 bridgehead atoms. The van der Waals surface area contributed by atoms with Crippen LogP contribution in [0.3, 0.4) is 0 Å². The fourth-order valence-electron chi connectivity index (χ4n) is 2.99. The third-order valence-corrected chi connectivity index (χ3v) is 4.67. The van der Waals surface area contributed by atoms with E-state index in [4.69, 9.17) is 0 Å². The number of halogens is 2. The molecule has 2 amide bonds. The molecule has 1 N–H and O–H groups in total. The minimum absolute atomic E-state index is 0.149. The fraction of sp³-hybridized carbons (Fsp3) is 0.607. The van der Waals surface area contributed by atoms with Crippen LogP contribution in [0.25, 0.3) is 0 Å². The molecule has 2 rings (SSSR count). The first-order chi connectivity index (χ1) is 16.9. The van der Waals surface area contributed by atoms with E-state index in [1.54, 1.807) is 14.1 Å². The number of carbonyl (C=O) groups excluding carboxylic acids is 2. The third-order valence-electron chi connectivity index (χ3n) is 4.67. The summed E-state index contributed by atoms with van der Waals surface area (Å²) in [5.74, 6) is -1.27. The molecular formula is C28H46F2N4O2. The van der Waals surface area contributed by atoms with Crippen LogP contribution >= 0.6 is 0 Å². The summed E-state index contributed by atoms with van der Waals surface area (Å²) in [6.07, 6.45) is 3.61. The summed E-state index contributed by atoms with van der Waals surface area (Å²) in [5.41, 5.74) is 1.49. The topological polar surface area (TPSA) is 65.0 Å². The van der Waals surface area contributed by atoms with Crippen LogP contribution in [0.2, 0.25) is 0 Å². The van der Waals surface area contributed by atoms with Gasteiger partial charge in [0.25, 0.3) is 5.91 Å². The number of nitrogens with zero attached hydrogens (tertiary/aromatic N) is 3. The van der Waals surface area contributed by atoms with E-state index < -0.39 is 17.5 Å². The van der Waals surface area contributed by atoms with Crippen LogP contribution < -0.4 is 5.32 Å². The van der Waals surface area contributed by atoms with E-state index in [1.165, 1.54) is 23.5 Å². The highest BCUT2D eigenvalue weighted by molar-refractivity contribution is 6.10. The third kappa shape index (κ3) is 12.9. The Balaban J connectivity index is 0.00000155. The highest BCUT2D eigenvalue weighted by atomic mass is 19.1. The van der Waals surface area contributed by atoms with Crippen LogP contribution in [0.5, 0.6) is 0 Å². The average molecular weight is 509 g/mol. The maximum Gasteiger partial charge on any atom is 0.270 e. The number of hydrogen-bond donors (Lipinski definition) is 1. The lowest BCUT2D eigenvalue weighted by molar-refractivity contribution is -0.130. The Bertz CT molecular complexity index is 893. The molecule has 0 aromatic heterocycles. The van der Waals surface area contributed by atoms with Crippen LogP contribution in [0.4, 0.5) is 8.78 Å². The molecule has 1 aromatic rings. The van der Waals surface area contributed by atoms with Crippen molar-refractivity contribution in [3.8, 4) is 0 Å². The van der Waals surface area contributed by atoms with Crippen LogP contribution in [0, 0.1) is 17.6 Å². The molecule has 1 aliphatic heterocycles. The van der Waals surface area contributed by atoms with Crippen molar-refractivity contribution < 1.29 is 18.4 Å². The molecule has 0 saturated carbocycles. The molecule has 0 radical (unpaired) electrons. The average Bonchev–Trinajstić information content (AvgIpc) is 3.19. The first-order valence-electron chi connectivity index (χ1n) is 12.8. The number of likely N-dealkylation sites (N-methyl/N-ethyl adjacent to an activating group) is 2. The lowest BCUT2D eigenvalue weighted by Gasteiger charge is -2.18. The van der Waals surface area contributed by atoms with E-state index in [2.05, 4.69) is 56.8 Å². The second-order valence-corrected chi connectivity index (χ2v) is 9.81. The monoisotopic (exact) mass is 508 g/mol. The van der Waals surface area contributed by atoms with Gasteiger partial charge in [-0.3, -0.25) is 9.59 Å². The number of rotatable bonds is 9. The van der Waals surface area contributed by atoms with Crippen molar-refractivity contribution in [2.75, 3.05) is 40.8 Å². The van der Waals surface area contributed by atoms with Crippen LogP contribution in [0.15, 0.2) is 34.5 Å². The molecule has 8 heteroatoms. The van der Waals surface area contributed by atoms with Gasteiger partial charge in [-0.1, -0.05) is 54.4 Å². The highest BCUT2D eigenvalue weighted by Crippen LogP contribution is 2.26. The molecule has 204 valence electrons. The minimum Gasteiger partial charge on any atom is -0.347 e. The molecule has 0 saturated heterocycles. The number of aliphatic imine (C=N–C) groups is 1. The number of benzene rings is 1. The number of nitrogens with one attached hydrogen (secondary N) is 1. The van der Waals surface area contributed by atoms with Gasteiger partial charge in [0, 0.05) is 38.7 Å². The smallest absolute Gasteiger partial charge is 0.270 e. The summed E-state index contributed by atoms with van der Waals surface area (Å²) in [7, 11) is 5.15. The normalized spacial score (nSPS) is 12.5. The number of hydrogen-bond acceptors (Lipinski definition) is 4. The molecule has 0 spiro atoms. The van der Waals surface area contributed by atoms with Gasteiger partial charge >= 0.3 is 0 Å². The van der Waals surface area contributed by atoms with Crippen molar-refractivity contribution in [2.45, 2.75) is 67.2 Å². The zero-order valence-electron chi connectivity index (χ0n) is 23.7. The molecule has 0 atom stereocenters. The molecule has 0 unspecified atom stereocenters. The van der Waals surface area contributed by atoms with E-state index in [-0.39, 0.29) is 23.7 Å². The SMILES string of the molecule is CC(C)C.CCC.CCCCN(C)CC1=C(C(=O)NCC(=O)N(C)C)N=C(c2ccc(F)cc2F)C1. The second-order valence-electron chi connectivity index (χ2n) is 9.81. The minimum atomic E-state index is -0.716. The van der Waals surface area contributed by atoms with Gasteiger partial charge in [-0.05, 0) is 43.6 Å². The Kier molecular flexibility index (Phi) is 16.5. The number of unbranched alkanes of at least 4 members (excludes halogenated alkanes) is 1. The van der Waals surface area contributed by atoms with E-state index in [9.17, 15) is 18.4 Å². The predicted octanol–water partition coefficient (Wildman–Crippen LogP) is 5.43. The van der Waals surface area contributed by atoms with Crippen molar-refractivity contribution in [3.63, 3.8) is 0 Å². The predicted molar refractivity (Wildman–Crippen MR) is 145 cm³/mol. The molecule has 6 nitrogen and oxygen atoms in total. The quantitative estimate of drug-likeness (QED) is 0.484. The molecule has 1 heterocycles. The fourth-order valence-corrected chi connectivity index (χ4v) is 2.99. The highest BCUT2D eigenvalue weighted by Gasteiger charge is 2.26. The zero-order chi connectivity index (χ0) is 27.8. The van der Waals surface area contributed by atoms with Gasteiger partial charge in [0.05, 0.1) is 12.3 Å². The Labute approximate surface area is 216 Å². The standard InChI is InChI=1S/C21H28F2N4O2.C4H10.C3H8/c1-5-6-9-27(4)13-14-10-18(16-8-7-15(22)11-17(16)23)25-20(14)21(29)24-12-19(28)26(2)3;1-4(2)3;1-3-2/h7-8,11H,5-6,9-10,12-13H2,1-4H3,(H,24,29);4H,1-3H3;3H2,1-2H3. The Morgan fingerprint density at radius 2 is 1.67 bits per heavy atom. The molecule has 0 aliphatic carbocycles. The Hall–Kier alpha value is -2.61. The van der Waals surface area contributed by atoms with Crippen LogP contribution in [0.1, 0.15) is 72.8 Å². The van der Waals surface area contributed by atoms with E-state index >= 15 is 0 Å². The molecule has 36 heavy (non-hydrogen) atoms. The summed E-state index contributed by atoms with van der Waals surface area (Å²) in [6.45, 7) is 14.1. The maximum absolute atomic E-state index is 14.2. The van der Waals surface area contributed by atoms with Gasteiger partial charge in [0.1, 0.15) is 17.3 Å². The van der Waals surface area contributed by atoms with Crippen molar-refractivity contribution in [3.05, 3.63) is 46.7 Å². The van der Waals surface area contributed by atoms with Crippen molar-refractivity contribution >= 4 is 17.5 Å². The molecule has 1 aromatic carbocycles. The van der Waals surface area contributed by atoms with E-state index in [0.717, 1.165) is 36.9 Å². The van der Waals surface area contributed by atoms with Crippen LogP contribution in [-0.4, -0.2) is 68.1 Å². The van der Waals surface area contributed by atoms with Gasteiger partial charge < -0.3 is 15.1 Å². The van der Waals surface area contributed by atoms with Gasteiger partial charge in [0.15, 0.2) is 0 Å². The lowest BCUT2D eigenvalue weighted by atomic mass is 10.0. The first kappa shape index (κ1) is 33.4. The van der Waals surface area contributed by atoms with Crippen molar-refractivity contribution in [2.24, 2.45) is 10.9 Å². The second kappa shape index (κ2) is 17.8. The van der Waals surface area contributed by atoms with Crippen molar-refractivity contribution in [1.29, 1.82) is 0 Å². The van der Waals surface area contributed by atoms with E-state index in [0.29, 0.717) is 18.7 Å². The van der Waals surface area contributed by atoms with Gasteiger partial charge in [-0.2, -0.15) is 0 Å². The summed E-state index contributed by atoms with van der Waals surface area (Å²) < 4.78 is 27.5. The summed E-state index contributed by atoms with van der Waals surface area (Å²) in [5, 5.41) is 2.58. The summed E-state index contributed by atoms with van der Waals surface area (Å²) >= 11 is 0. The van der Waals surface area contributed by atoms with Gasteiger partial charge in [0.2, 0.25) is 5.91 Å². The Morgan fingerprint density at radius 3 is 2.17 bits per heavy atom. The summed E-state index contributed by atoms with van der Waals surface area (Å²) in [6, 6.07) is 3.30. The van der Waals surface area contributed by atoms with Gasteiger partial charge in [-0.25, -0.2) is 13.8 Å². The number of amides is 2. The Morgan fingerprint density at radius 1 is 1.08 bits per heavy atom. The molecule has 1 aliphatic rings. The van der Waals surface area contributed by atoms with E-state index in [1.807, 2.05) is 7.05 Å². The van der Waals surface area contributed by atoms with Gasteiger partial charge in [-0.15, -0.1) is 0 Å². The lowest BCUT2D eigenvalue weighted by Crippen LogP contribution is -2.37. The first-order valence-corrected chi connectivity index (χ1v) is 12.8. The molecular weight excluding hydrogens is 462 g/mol. The maximum atomic E-state index is 14.2. The largest absolute Gasteiger partial charge is 0.347 e. The van der Waals surface area contributed by atoms with Crippen LogP contribution in [-0.2, 0) is 9.59 Å². The van der Waals surface area contributed by atoms with Crippen molar-refractivity contribution in [1.82, 2.24) is 15.1 Å². The summed E-state index contributed by atoms with van der Waals surface area (Å²) in [4.78, 5) is 32.3. The molecule has 0 fully saturated rings. The number of carbonyl (C=O) groups is 2. The zero-order valence-corrected chi connectivity index (χ0v) is 23.7.